The highest BCUT2D eigenvalue weighted by molar-refractivity contribution is 5.67. The van der Waals surface area contributed by atoms with E-state index in [4.69, 9.17) is 10.5 Å². The summed E-state index contributed by atoms with van der Waals surface area (Å²) in [5, 5.41) is 16.9. The molecule has 0 spiro atoms. The van der Waals surface area contributed by atoms with Gasteiger partial charge in [0.1, 0.15) is 17.5 Å². The number of nitriles is 1. The van der Waals surface area contributed by atoms with E-state index in [9.17, 15) is 5.26 Å². The first-order valence-corrected chi connectivity index (χ1v) is 8.26. The minimum absolute atomic E-state index is 0.233. The first kappa shape index (κ1) is 17.3. The van der Waals surface area contributed by atoms with Crippen LogP contribution in [0.4, 0.5) is 17.2 Å². The van der Waals surface area contributed by atoms with Crippen molar-refractivity contribution in [1.82, 2.24) is 14.8 Å². The van der Waals surface area contributed by atoms with Crippen LogP contribution in [0.25, 0.3) is 5.69 Å². The first-order chi connectivity index (χ1) is 12.5. The van der Waals surface area contributed by atoms with E-state index in [2.05, 4.69) is 15.4 Å². The van der Waals surface area contributed by atoms with E-state index in [1.807, 2.05) is 61.9 Å². The fraction of sp³-hybridized carbons (Fsp3) is 0.211. The Kier molecular flexibility index (Phi) is 4.76. The highest BCUT2D eigenvalue weighted by atomic mass is 16.5. The van der Waals surface area contributed by atoms with Crippen LogP contribution in [0.1, 0.15) is 23.9 Å². The average Bonchev–Trinajstić information content (AvgIpc) is 2.94. The van der Waals surface area contributed by atoms with Crippen molar-refractivity contribution in [2.45, 2.75) is 20.8 Å². The van der Waals surface area contributed by atoms with Crippen molar-refractivity contribution in [3.63, 3.8) is 0 Å². The third-order valence-corrected chi connectivity index (χ3v) is 3.80. The van der Waals surface area contributed by atoms with Gasteiger partial charge in [0.15, 0.2) is 0 Å². The van der Waals surface area contributed by atoms with Gasteiger partial charge in [-0.25, -0.2) is 4.68 Å². The fourth-order valence-corrected chi connectivity index (χ4v) is 2.68. The Balaban J connectivity index is 1.85. The number of hydrogen-bond acceptors (Lipinski definition) is 6. The van der Waals surface area contributed by atoms with E-state index in [1.54, 1.807) is 6.07 Å². The second kappa shape index (κ2) is 7.15. The summed E-state index contributed by atoms with van der Waals surface area (Å²) in [5.74, 6) is 0.751. The van der Waals surface area contributed by atoms with Crippen LogP contribution in [-0.4, -0.2) is 21.4 Å². The zero-order valence-electron chi connectivity index (χ0n) is 14.9. The lowest BCUT2D eigenvalue weighted by molar-refractivity contribution is 0.326. The minimum Gasteiger partial charge on any atom is -0.477 e. The molecule has 0 aliphatic heterocycles. The molecule has 3 aromatic rings. The van der Waals surface area contributed by atoms with Gasteiger partial charge in [0.2, 0.25) is 5.88 Å². The number of ether oxygens (including phenoxy) is 1. The van der Waals surface area contributed by atoms with Crippen molar-refractivity contribution < 1.29 is 4.74 Å². The number of aryl methyl sites for hydroxylation is 2. The maximum absolute atomic E-state index is 9.19. The zero-order chi connectivity index (χ0) is 18.7. The first-order valence-electron chi connectivity index (χ1n) is 8.26. The van der Waals surface area contributed by atoms with Crippen molar-refractivity contribution in [3.8, 4) is 17.6 Å². The number of rotatable bonds is 5. The molecule has 2 heterocycles. The SMILES string of the molecule is CCOc1nc(Nc2ccc(-n3nc(C)cc3C)cc2)cc(N)c1C#N. The number of nitrogens with two attached hydrogens (primary N) is 1. The number of aromatic nitrogens is 3. The summed E-state index contributed by atoms with van der Waals surface area (Å²) in [5.41, 5.74) is 10.4. The van der Waals surface area contributed by atoms with Gasteiger partial charge >= 0.3 is 0 Å². The van der Waals surface area contributed by atoms with Gasteiger partial charge in [-0.15, -0.1) is 0 Å². The molecule has 26 heavy (non-hydrogen) atoms. The molecule has 0 aliphatic carbocycles. The monoisotopic (exact) mass is 348 g/mol. The summed E-state index contributed by atoms with van der Waals surface area (Å²) in [4.78, 5) is 4.33. The van der Waals surface area contributed by atoms with E-state index in [1.165, 1.54) is 0 Å². The number of benzene rings is 1. The number of pyridine rings is 1. The van der Waals surface area contributed by atoms with Crippen LogP contribution >= 0.6 is 0 Å². The van der Waals surface area contributed by atoms with E-state index in [0.29, 0.717) is 18.1 Å². The molecule has 0 bridgehead atoms. The molecule has 3 rings (SSSR count). The van der Waals surface area contributed by atoms with Crippen molar-refractivity contribution in [1.29, 1.82) is 5.26 Å². The lowest BCUT2D eigenvalue weighted by Gasteiger charge is -2.12. The van der Waals surface area contributed by atoms with Crippen LogP contribution in [0.2, 0.25) is 0 Å². The van der Waals surface area contributed by atoms with Gasteiger partial charge < -0.3 is 15.8 Å². The molecule has 0 unspecified atom stereocenters. The lowest BCUT2D eigenvalue weighted by atomic mass is 10.2. The zero-order valence-corrected chi connectivity index (χ0v) is 14.9. The highest BCUT2D eigenvalue weighted by Crippen LogP contribution is 2.27. The van der Waals surface area contributed by atoms with Crippen LogP contribution in [0.15, 0.2) is 36.4 Å². The molecule has 2 aromatic heterocycles. The number of hydrogen-bond donors (Lipinski definition) is 2. The van der Waals surface area contributed by atoms with E-state index in [-0.39, 0.29) is 11.4 Å². The summed E-state index contributed by atoms with van der Waals surface area (Å²) >= 11 is 0. The van der Waals surface area contributed by atoms with Gasteiger partial charge in [0.25, 0.3) is 0 Å². The van der Waals surface area contributed by atoms with Crippen molar-refractivity contribution in [3.05, 3.63) is 53.3 Å². The predicted molar refractivity (Wildman–Crippen MR) is 101 cm³/mol. The Hall–Kier alpha value is -3.53. The number of anilines is 3. The molecular weight excluding hydrogens is 328 g/mol. The largest absolute Gasteiger partial charge is 0.477 e. The Bertz CT molecular complexity index is 969. The van der Waals surface area contributed by atoms with Crippen LogP contribution < -0.4 is 15.8 Å². The van der Waals surface area contributed by atoms with Gasteiger partial charge in [-0.1, -0.05) is 0 Å². The molecule has 7 heteroatoms. The van der Waals surface area contributed by atoms with Crippen LogP contribution in [0.3, 0.4) is 0 Å². The van der Waals surface area contributed by atoms with Gasteiger partial charge in [-0.2, -0.15) is 15.3 Å². The molecule has 1 aromatic carbocycles. The fourth-order valence-electron chi connectivity index (χ4n) is 2.68. The van der Waals surface area contributed by atoms with Crippen molar-refractivity contribution in [2.75, 3.05) is 17.7 Å². The maximum atomic E-state index is 9.19. The number of nitrogens with one attached hydrogen (secondary N) is 1. The molecule has 3 N–H and O–H groups in total. The molecule has 0 saturated heterocycles. The second-order valence-corrected chi connectivity index (χ2v) is 5.83. The summed E-state index contributed by atoms with van der Waals surface area (Å²) in [6.45, 7) is 6.22. The summed E-state index contributed by atoms with van der Waals surface area (Å²) < 4.78 is 7.31. The van der Waals surface area contributed by atoms with Gasteiger partial charge in [-0.3, -0.25) is 0 Å². The molecule has 0 radical (unpaired) electrons. The summed E-state index contributed by atoms with van der Waals surface area (Å²) in [6.07, 6.45) is 0. The molecule has 132 valence electrons. The van der Waals surface area contributed by atoms with Gasteiger partial charge in [-0.05, 0) is 51.1 Å². The Labute approximate surface area is 152 Å². The predicted octanol–water partition coefficient (Wildman–Crippen LogP) is 3.48. The minimum atomic E-state index is 0.233. The Morgan fingerprint density at radius 3 is 2.54 bits per heavy atom. The maximum Gasteiger partial charge on any atom is 0.235 e. The molecule has 0 amide bonds. The molecule has 0 saturated carbocycles. The summed E-state index contributed by atoms with van der Waals surface area (Å²) in [7, 11) is 0. The summed E-state index contributed by atoms with van der Waals surface area (Å²) in [6, 6.07) is 13.5. The smallest absolute Gasteiger partial charge is 0.235 e. The van der Waals surface area contributed by atoms with Gasteiger partial charge in [0, 0.05) is 17.4 Å². The molecule has 0 fully saturated rings. The normalized spacial score (nSPS) is 10.4. The average molecular weight is 348 g/mol. The quantitative estimate of drug-likeness (QED) is 0.732. The lowest BCUT2D eigenvalue weighted by Crippen LogP contribution is -2.04. The number of nitrogen functional groups attached to an aromatic ring is 1. The topological polar surface area (TPSA) is 102 Å². The van der Waals surface area contributed by atoms with Crippen molar-refractivity contribution >= 4 is 17.2 Å². The molecule has 0 aliphatic rings. The second-order valence-electron chi connectivity index (χ2n) is 5.83. The molecule has 7 nitrogen and oxygen atoms in total. The van der Waals surface area contributed by atoms with E-state index in [0.717, 1.165) is 22.8 Å². The number of nitrogens with zero attached hydrogens (tertiary/aromatic N) is 4. The Morgan fingerprint density at radius 2 is 1.96 bits per heavy atom. The third-order valence-electron chi connectivity index (χ3n) is 3.80. The van der Waals surface area contributed by atoms with Crippen molar-refractivity contribution in [2.24, 2.45) is 0 Å². The van der Waals surface area contributed by atoms with Crippen LogP contribution in [-0.2, 0) is 0 Å². The Morgan fingerprint density at radius 1 is 1.23 bits per heavy atom. The van der Waals surface area contributed by atoms with E-state index >= 15 is 0 Å². The standard InChI is InChI=1S/C19H20N6O/c1-4-26-19-16(11-20)17(21)10-18(23-19)22-14-5-7-15(8-6-14)25-13(3)9-12(2)24-25/h5-10H,4H2,1-3H3,(H3,21,22,23). The molecular formula is C19H20N6O. The van der Waals surface area contributed by atoms with Gasteiger partial charge in [0.05, 0.1) is 23.7 Å². The van der Waals surface area contributed by atoms with Crippen LogP contribution in [0.5, 0.6) is 5.88 Å². The molecule has 0 atom stereocenters. The van der Waals surface area contributed by atoms with E-state index < -0.39 is 0 Å². The third kappa shape index (κ3) is 3.44. The highest BCUT2D eigenvalue weighted by Gasteiger charge is 2.12. The van der Waals surface area contributed by atoms with Crippen LogP contribution in [0, 0.1) is 25.2 Å².